The third kappa shape index (κ3) is 4.92. The third-order valence-corrected chi connectivity index (χ3v) is 4.97. The fraction of sp³-hybridized carbons (Fsp3) is 0.381. The number of methoxy groups -OCH3 is 1. The monoisotopic (exact) mass is 368 g/mol. The Balaban J connectivity index is 1.63. The zero-order valence-corrected chi connectivity index (χ0v) is 15.3. The van der Waals surface area contributed by atoms with Crippen LogP contribution in [-0.4, -0.2) is 35.0 Å². The molecule has 0 radical (unpaired) electrons. The van der Waals surface area contributed by atoms with E-state index in [9.17, 15) is 14.7 Å². The van der Waals surface area contributed by atoms with E-state index in [0.717, 1.165) is 11.1 Å². The lowest BCUT2D eigenvalue weighted by molar-refractivity contribution is -0.139. The van der Waals surface area contributed by atoms with E-state index in [1.807, 2.05) is 36.4 Å². The van der Waals surface area contributed by atoms with Crippen molar-refractivity contribution in [2.24, 2.45) is 5.92 Å². The van der Waals surface area contributed by atoms with Gasteiger partial charge in [-0.15, -0.1) is 0 Å². The van der Waals surface area contributed by atoms with Crippen LogP contribution in [0.25, 0.3) is 0 Å². The number of benzene rings is 1. The Kier molecular flexibility index (Phi) is 6.19. The molecule has 2 N–H and O–H groups in total. The Morgan fingerprint density at radius 2 is 1.96 bits per heavy atom. The molecule has 1 aromatic carbocycles. The number of amides is 1. The number of nitrogens with zero attached hydrogens (tertiary/aromatic N) is 1. The summed E-state index contributed by atoms with van der Waals surface area (Å²) >= 11 is 0. The summed E-state index contributed by atoms with van der Waals surface area (Å²) in [4.78, 5) is 28.9. The van der Waals surface area contributed by atoms with Gasteiger partial charge in [-0.1, -0.05) is 36.4 Å². The second kappa shape index (κ2) is 8.77. The number of hydrogen-bond acceptors (Lipinski definition) is 5. The molecule has 0 spiro atoms. The lowest BCUT2D eigenvalue weighted by Gasteiger charge is -2.38. The van der Waals surface area contributed by atoms with Crippen LogP contribution >= 0.6 is 0 Å². The van der Waals surface area contributed by atoms with Crippen LogP contribution < -0.4 is 10.1 Å². The molecule has 1 unspecified atom stereocenters. The molecule has 1 amide bonds. The zero-order chi connectivity index (χ0) is 19.2. The predicted octanol–water partition coefficient (Wildman–Crippen LogP) is 2.22. The maximum atomic E-state index is 12.4. The van der Waals surface area contributed by atoms with Gasteiger partial charge in [0.2, 0.25) is 11.7 Å². The topological polar surface area (TPSA) is 88.5 Å². The number of Topliss-reactive ketones (excluding diaryl/α,β-unsaturated/α-hetero) is 1. The molecular weight excluding hydrogens is 344 g/mol. The first-order chi connectivity index (χ1) is 13.1. The number of aryl methyl sites for hydroxylation is 1. The molecule has 0 bridgehead atoms. The highest BCUT2D eigenvalue weighted by Crippen LogP contribution is 2.38. The minimum atomic E-state index is -0.590. The van der Waals surface area contributed by atoms with Gasteiger partial charge in [-0.05, 0) is 36.3 Å². The van der Waals surface area contributed by atoms with Crippen molar-refractivity contribution in [3.63, 3.8) is 0 Å². The van der Waals surface area contributed by atoms with Crippen LogP contribution in [0.5, 0.6) is 5.88 Å². The fourth-order valence-electron chi connectivity index (χ4n) is 3.31. The average Bonchev–Trinajstić information content (AvgIpc) is 2.69. The Hall–Kier alpha value is -2.73. The van der Waals surface area contributed by atoms with Crippen molar-refractivity contribution in [1.29, 1.82) is 0 Å². The number of ketones is 1. The number of pyridine rings is 1. The number of carbonyl (C=O) groups is 2. The van der Waals surface area contributed by atoms with Crippen molar-refractivity contribution in [1.82, 2.24) is 10.3 Å². The van der Waals surface area contributed by atoms with E-state index in [0.29, 0.717) is 25.1 Å². The Labute approximate surface area is 158 Å². The van der Waals surface area contributed by atoms with Gasteiger partial charge in [-0.2, -0.15) is 0 Å². The molecule has 1 heterocycles. The molecule has 1 aromatic heterocycles. The van der Waals surface area contributed by atoms with Gasteiger partial charge in [-0.25, -0.2) is 4.98 Å². The summed E-state index contributed by atoms with van der Waals surface area (Å²) < 4.78 is 5.07. The van der Waals surface area contributed by atoms with E-state index in [2.05, 4.69) is 10.3 Å². The van der Waals surface area contributed by atoms with E-state index in [-0.39, 0.29) is 24.5 Å². The minimum Gasteiger partial charge on any atom is -0.481 e. The van der Waals surface area contributed by atoms with E-state index in [1.165, 1.54) is 7.11 Å². The van der Waals surface area contributed by atoms with Crippen molar-refractivity contribution in [2.75, 3.05) is 7.11 Å². The van der Waals surface area contributed by atoms with E-state index >= 15 is 0 Å². The molecule has 6 nitrogen and oxygen atoms in total. The number of aromatic nitrogens is 1. The fourth-order valence-corrected chi connectivity index (χ4v) is 3.31. The first kappa shape index (κ1) is 19.0. The Bertz CT molecular complexity index is 771. The lowest BCUT2D eigenvalue weighted by atomic mass is 9.75. The predicted molar refractivity (Wildman–Crippen MR) is 100 cm³/mol. The molecule has 6 heteroatoms. The smallest absolute Gasteiger partial charge is 0.287 e. The molecule has 142 valence electrons. The molecular formula is C21H24N2O4. The summed E-state index contributed by atoms with van der Waals surface area (Å²) in [6.45, 7) is 0. The van der Waals surface area contributed by atoms with Crippen LogP contribution in [0.15, 0.2) is 48.7 Å². The molecule has 3 rings (SSSR count). The third-order valence-electron chi connectivity index (χ3n) is 4.97. The molecule has 2 aromatic rings. The molecule has 1 aliphatic rings. The first-order valence-electron chi connectivity index (χ1n) is 9.12. The molecule has 1 aliphatic carbocycles. The maximum Gasteiger partial charge on any atom is 0.287 e. The summed E-state index contributed by atoms with van der Waals surface area (Å²) in [5.41, 5.74) is 1.83. The van der Waals surface area contributed by atoms with Gasteiger partial charge >= 0.3 is 0 Å². The Morgan fingerprint density at radius 1 is 1.22 bits per heavy atom. The van der Waals surface area contributed by atoms with Crippen LogP contribution in [-0.2, 0) is 16.0 Å². The number of nitrogens with one attached hydrogen (secondary N) is 1. The normalized spacial score (nSPS) is 19.6. The number of aliphatic hydroxyl groups excluding tert-OH is 1. The van der Waals surface area contributed by atoms with Gasteiger partial charge in [0, 0.05) is 18.7 Å². The van der Waals surface area contributed by atoms with Crippen molar-refractivity contribution >= 4 is 11.7 Å². The van der Waals surface area contributed by atoms with Crippen molar-refractivity contribution in [3.05, 3.63) is 59.8 Å². The number of rotatable bonds is 8. The van der Waals surface area contributed by atoms with Crippen molar-refractivity contribution < 1.29 is 19.4 Å². The van der Waals surface area contributed by atoms with Crippen LogP contribution in [0.2, 0.25) is 0 Å². The molecule has 0 saturated heterocycles. The van der Waals surface area contributed by atoms with Crippen LogP contribution in [0.1, 0.15) is 36.4 Å². The second-order valence-corrected chi connectivity index (χ2v) is 6.88. The van der Waals surface area contributed by atoms with Gasteiger partial charge in [0.15, 0.2) is 0 Å². The molecule has 1 atom stereocenters. The van der Waals surface area contributed by atoms with Gasteiger partial charge in [0.25, 0.3) is 5.91 Å². The van der Waals surface area contributed by atoms with Crippen LogP contribution in [0, 0.1) is 5.92 Å². The first-order valence-corrected chi connectivity index (χ1v) is 9.12. The van der Waals surface area contributed by atoms with Crippen LogP contribution in [0.4, 0.5) is 0 Å². The summed E-state index contributed by atoms with van der Waals surface area (Å²) in [5.74, 6) is -0.462. The molecule has 0 aliphatic heterocycles. The van der Waals surface area contributed by atoms with E-state index in [1.54, 1.807) is 12.3 Å². The molecule has 1 saturated carbocycles. The lowest BCUT2D eigenvalue weighted by Crippen LogP contribution is -2.43. The Morgan fingerprint density at radius 3 is 2.56 bits per heavy atom. The zero-order valence-electron chi connectivity index (χ0n) is 15.3. The standard InChI is InChI=1S/C21H24N2O4/c1-27-19-10-8-15(13-22-19)20(16-11-17(24)12-16)23-21(26)18(25)9-7-14-5-3-2-4-6-14/h2-6,8,10,13,16-17,20,24H,7,9,11-12H2,1H3,(H,23,26). The largest absolute Gasteiger partial charge is 0.481 e. The summed E-state index contributed by atoms with van der Waals surface area (Å²) in [7, 11) is 1.54. The number of ether oxygens (including phenoxy) is 1. The summed E-state index contributed by atoms with van der Waals surface area (Å²) in [6, 6.07) is 12.8. The average molecular weight is 368 g/mol. The summed E-state index contributed by atoms with van der Waals surface area (Å²) in [5, 5.41) is 12.5. The SMILES string of the molecule is COc1ccc(C(NC(=O)C(=O)CCc2ccccc2)C2CC(O)C2)cn1. The number of carbonyl (C=O) groups excluding carboxylic acids is 2. The van der Waals surface area contributed by atoms with E-state index < -0.39 is 11.7 Å². The van der Waals surface area contributed by atoms with Gasteiger partial charge in [0.1, 0.15) is 0 Å². The van der Waals surface area contributed by atoms with E-state index in [4.69, 9.17) is 4.74 Å². The highest BCUT2D eigenvalue weighted by Gasteiger charge is 2.36. The second-order valence-electron chi connectivity index (χ2n) is 6.88. The number of hydrogen-bond donors (Lipinski definition) is 2. The maximum absolute atomic E-state index is 12.4. The highest BCUT2D eigenvalue weighted by atomic mass is 16.5. The summed E-state index contributed by atoms with van der Waals surface area (Å²) in [6.07, 6.45) is 3.17. The minimum absolute atomic E-state index is 0.0843. The quantitative estimate of drug-likeness (QED) is 0.698. The van der Waals surface area contributed by atoms with Crippen molar-refractivity contribution in [2.45, 2.75) is 37.8 Å². The number of aliphatic hydroxyl groups is 1. The highest BCUT2D eigenvalue weighted by molar-refractivity contribution is 6.36. The van der Waals surface area contributed by atoms with Gasteiger partial charge in [-0.3, -0.25) is 9.59 Å². The van der Waals surface area contributed by atoms with Gasteiger partial charge < -0.3 is 15.2 Å². The molecule has 27 heavy (non-hydrogen) atoms. The van der Waals surface area contributed by atoms with Crippen LogP contribution in [0.3, 0.4) is 0 Å². The van der Waals surface area contributed by atoms with Crippen molar-refractivity contribution in [3.8, 4) is 5.88 Å². The molecule has 1 fully saturated rings. The van der Waals surface area contributed by atoms with Gasteiger partial charge in [0.05, 0.1) is 19.3 Å².